The molecule has 6 nitrogen and oxygen atoms in total. The van der Waals surface area contributed by atoms with Crippen molar-refractivity contribution in [2.45, 2.75) is 33.3 Å². The van der Waals surface area contributed by atoms with Crippen LogP contribution in [-0.4, -0.2) is 39.5 Å². The summed E-state index contributed by atoms with van der Waals surface area (Å²) < 4.78 is 22.3. The van der Waals surface area contributed by atoms with Gasteiger partial charge in [0.2, 0.25) is 0 Å². The number of carbonyl (C=O) groups excluding carboxylic acids is 1. The number of aromatic nitrogens is 3. The largest absolute Gasteiger partial charge is 0.379 e. The minimum Gasteiger partial charge on any atom is -0.379 e. The normalized spacial score (nSPS) is 11.2. The lowest BCUT2D eigenvalue weighted by Crippen LogP contribution is -2.27. The van der Waals surface area contributed by atoms with Gasteiger partial charge in [-0.2, -0.15) is 5.10 Å². The van der Waals surface area contributed by atoms with E-state index in [0.29, 0.717) is 35.9 Å². The number of hydrogen-bond donors (Lipinski definition) is 1. The maximum absolute atomic E-state index is 13.3. The number of rotatable bonds is 8. The van der Waals surface area contributed by atoms with E-state index in [1.54, 1.807) is 23.7 Å². The molecule has 0 spiro atoms. The molecule has 1 N–H and O–H groups in total. The van der Waals surface area contributed by atoms with Crippen LogP contribution in [0.5, 0.6) is 0 Å². The van der Waals surface area contributed by atoms with E-state index in [-0.39, 0.29) is 17.8 Å². The molecule has 3 rings (SSSR count). The van der Waals surface area contributed by atoms with Crippen LogP contribution in [0.1, 0.15) is 36.3 Å². The molecule has 148 valence electrons. The Morgan fingerprint density at radius 3 is 2.54 bits per heavy atom. The van der Waals surface area contributed by atoms with Gasteiger partial charge >= 0.3 is 0 Å². The third-order valence-electron chi connectivity index (χ3n) is 4.24. The summed E-state index contributed by atoms with van der Waals surface area (Å²) in [6.07, 6.45) is 4.61. The van der Waals surface area contributed by atoms with Gasteiger partial charge in [-0.3, -0.25) is 4.79 Å². The van der Waals surface area contributed by atoms with E-state index in [4.69, 9.17) is 4.74 Å². The molecule has 2 heterocycles. The van der Waals surface area contributed by atoms with E-state index in [1.807, 2.05) is 42.9 Å². The molecule has 0 radical (unpaired) electrons. The number of halogens is 1. The molecule has 0 bridgehead atoms. The lowest BCUT2D eigenvalue weighted by Gasteiger charge is -2.12. The Balaban J connectivity index is 1.88. The topological polar surface area (TPSA) is 61.1 Å². The number of hydrogen-bond acceptors (Lipinski definition) is 3. The van der Waals surface area contributed by atoms with Gasteiger partial charge in [0.15, 0.2) is 5.82 Å². The van der Waals surface area contributed by atoms with Gasteiger partial charge in [0.25, 0.3) is 5.91 Å². The molecule has 28 heavy (non-hydrogen) atoms. The molecular formula is C21H25FN4O2. The molecular weight excluding hydrogens is 359 g/mol. The summed E-state index contributed by atoms with van der Waals surface area (Å²) in [6.45, 7) is 6.86. The zero-order valence-electron chi connectivity index (χ0n) is 16.4. The van der Waals surface area contributed by atoms with Gasteiger partial charge in [0.1, 0.15) is 11.4 Å². The minimum absolute atomic E-state index is 0.173. The number of aryl methyl sites for hydroxylation is 1. The Kier molecular flexibility index (Phi) is 6.26. The monoisotopic (exact) mass is 384 g/mol. The van der Waals surface area contributed by atoms with Gasteiger partial charge in [0, 0.05) is 25.5 Å². The van der Waals surface area contributed by atoms with Crippen LogP contribution in [0.4, 0.5) is 4.39 Å². The van der Waals surface area contributed by atoms with Gasteiger partial charge in [-0.05, 0) is 63.6 Å². The van der Waals surface area contributed by atoms with Crippen LogP contribution in [0.2, 0.25) is 0 Å². The van der Waals surface area contributed by atoms with Gasteiger partial charge in [-0.15, -0.1) is 0 Å². The summed E-state index contributed by atoms with van der Waals surface area (Å²) in [6, 6.07) is 9.78. The molecule has 0 aliphatic heterocycles. The molecule has 0 saturated carbocycles. The first-order valence-electron chi connectivity index (χ1n) is 9.36. The minimum atomic E-state index is -0.322. The van der Waals surface area contributed by atoms with Gasteiger partial charge < -0.3 is 14.6 Å². The standard InChI is InChI=1S/C21H25FN4O2/c1-15(2)28-14-6-11-23-20(27)19-16(3)24-26(18-9-7-17(22)8-10-18)21(19)25-12-4-5-13-25/h4-5,7-10,12-13,15H,6,11,14H2,1-3H3,(H,23,27). The van der Waals surface area contributed by atoms with E-state index in [0.717, 1.165) is 6.42 Å². The molecule has 2 aromatic heterocycles. The fraction of sp³-hybridized carbons (Fsp3) is 0.333. The highest BCUT2D eigenvalue weighted by Gasteiger charge is 2.23. The zero-order chi connectivity index (χ0) is 20.1. The first-order chi connectivity index (χ1) is 13.5. The molecule has 7 heteroatoms. The maximum Gasteiger partial charge on any atom is 0.256 e. The van der Waals surface area contributed by atoms with Crippen LogP contribution in [0.15, 0.2) is 48.8 Å². The molecule has 0 aliphatic carbocycles. The highest BCUT2D eigenvalue weighted by atomic mass is 19.1. The highest BCUT2D eigenvalue weighted by Crippen LogP contribution is 2.23. The van der Waals surface area contributed by atoms with Crippen LogP contribution in [0.3, 0.4) is 0 Å². The molecule has 0 fully saturated rings. The van der Waals surface area contributed by atoms with E-state index in [1.165, 1.54) is 12.1 Å². The van der Waals surface area contributed by atoms with Crippen LogP contribution >= 0.6 is 0 Å². The highest BCUT2D eigenvalue weighted by molar-refractivity contribution is 5.98. The van der Waals surface area contributed by atoms with Crippen LogP contribution < -0.4 is 5.32 Å². The smallest absolute Gasteiger partial charge is 0.256 e. The van der Waals surface area contributed by atoms with Gasteiger partial charge in [-0.25, -0.2) is 9.07 Å². The molecule has 0 unspecified atom stereocenters. The van der Waals surface area contributed by atoms with Crippen molar-refractivity contribution < 1.29 is 13.9 Å². The number of ether oxygens (including phenoxy) is 1. The Morgan fingerprint density at radius 1 is 1.21 bits per heavy atom. The first kappa shape index (κ1) is 19.8. The van der Waals surface area contributed by atoms with Crippen molar-refractivity contribution in [2.75, 3.05) is 13.2 Å². The summed E-state index contributed by atoms with van der Waals surface area (Å²) >= 11 is 0. The third-order valence-corrected chi connectivity index (χ3v) is 4.24. The molecule has 1 aromatic carbocycles. The molecule has 0 saturated heterocycles. The van der Waals surface area contributed by atoms with Crippen LogP contribution in [-0.2, 0) is 4.74 Å². The first-order valence-corrected chi connectivity index (χ1v) is 9.36. The quantitative estimate of drug-likeness (QED) is 0.603. The number of nitrogens with one attached hydrogen (secondary N) is 1. The van der Waals surface area contributed by atoms with Gasteiger partial charge in [0.05, 0.1) is 17.5 Å². The Bertz CT molecular complexity index is 915. The van der Waals surface area contributed by atoms with Crippen molar-refractivity contribution in [1.82, 2.24) is 19.7 Å². The maximum atomic E-state index is 13.3. The molecule has 0 aliphatic rings. The van der Waals surface area contributed by atoms with E-state index >= 15 is 0 Å². The lowest BCUT2D eigenvalue weighted by atomic mass is 10.2. The second-order valence-corrected chi connectivity index (χ2v) is 6.79. The van der Waals surface area contributed by atoms with Crippen molar-refractivity contribution >= 4 is 5.91 Å². The predicted octanol–water partition coefficient (Wildman–Crippen LogP) is 3.66. The Hall–Kier alpha value is -2.93. The average Bonchev–Trinajstić information content (AvgIpc) is 3.29. The lowest BCUT2D eigenvalue weighted by molar-refractivity contribution is 0.0757. The summed E-state index contributed by atoms with van der Waals surface area (Å²) in [5.41, 5.74) is 1.77. The second-order valence-electron chi connectivity index (χ2n) is 6.79. The predicted molar refractivity (Wildman–Crippen MR) is 106 cm³/mol. The van der Waals surface area contributed by atoms with Crippen molar-refractivity contribution in [2.24, 2.45) is 0 Å². The van der Waals surface area contributed by atoms with Crippen LogP contribution in [0, 0.1) is 12.7 Å². The van der Waals surface area contributed by atoms with Crippen molar-refractivity contribution in [1.29, 1.82) is 0 Å². The van der Waals surface area contributed by atoms with Crippen molar-refractivity contribution in [3.8, 4) is 11.5 Å². The second kappa shape index (κ2) is 8.84. The number of amides is 1. The summed E-state index contributed by atoms with van der Waals surface area (Å²) in [7, 11) is 0. The fourth-order valence-corrected chi connectivity index (χ4v) is 2.94. The van der Waals surface area contributed by atoms with Crippen molar-refractivity contribution in [3.63, 3.8) is 0 Å². The summed E-state index contributed by atoms with van der Waals surface area (Å²) in [4.78, 5) is 12.9. The van der Waals surface area contributed by atoms with E-state index in [2.05, 4.69) is 10.4 Å². The Labute approximate surface area is 163 Å². The summed E-state index contributed by atoms with van der Waals surface area (Å²) in [5.74, 6) is 0.0980. The zero-order valence-corrected chi connectivity index (χ0v) is 16.4. The third kappa shape index (κ3) is 4.48. The van der Waals surface area contributed by atoms with Gasteiger partial charge in [-0.1, -0.05) is 0 Å². The van der Waals surface area contributed by atoms with E-state index < -0.39 is 0 Å². The number of benzene rings is 1. The number of carbonyl (C=O) groups is 1. The molecule has 1 amide bonds. The van der Waals surface area contributed by atoms with Crippen LogP contribution in [0.25, 0.3) is 11.5 Å². The summed E-state index contributed by atoms with van der Waals surface area (Å²) in [5, 5.41) is 7.49. The molecule has 0 atom stereocenters. The van der Waals surface area contributed by atoms with Crippen molar-refractivity contribution in [3.05, 3.63) is 65.9 Å². The molecule has 3 aromatic rings. The Morgan fingerprint density at radius 2 is 1.89 bits per heavy atom. The number of nitrogens with zero attached hydrogens (tertiary/aromatic N) is 3. The van der Waals surface area contributed by atoms with E-state index in [9.17, 15) is 9.18 Å². The SMILES string of the molecule is Cc1nn(-c2ccc(F)cc2)c(-n2cccc2)c1C(=O)NCCCOC(C)C. The fourth-order valence-electron chi connectivity index (χ4n) is 2.94. The average molecular weight is 384 g/mol.